The highest BCUT2D eigenvalue weighted by Gasteiger charge is 2.19. The van der Waals surface area contributed by atoms with Crippen LogP contribution in [0.15, 0.2) is 21.7 Å². The molecular weight excluding hydrogens is 376 g/mol. The van der Waals surface area contributed by atoms with E-state index in [9.17, 15) is 19.7 Å². The monoisotopic (exact) mass is 382 g/mol. The summed E-state index contributed by atoms with van der Waals surface area (Å²) in [5, 5.41) is 10.7. The molecule has 1 heterocycles. The van der Waals surface area contributed by atoms with E-state index in [2.05, 4.69) is 36.6 Å². The summed E-state index contributed by atoms with van der Waals surface area (Å²) in [6.45, 7) is 0.104. The maximum atomic E-state index is 11.4. The Labute approximate surface area is 118 Å². The van der Waals surface area contributed by atoms with Crippen molar-refractivity contribution in [2.75, 3.05) is 7.11 Å². The summed E-state index contributed by atoms with van der Waals surface area (Å²) in [4.78, 5) is 31.9. The van der Waals surface area contributed by atoms with Crippen LogP contribution in [0.4, 0.5) is 5.69 Å². The topological polar surface area (TPSA) is 91.4 Å². The van der Waals surface area contributed by atoms with Crippen LogP contribution in [0.25, 0.3) is 0 Å². The molecule has 0 radical (unpaired) electrons. The van der Waals surface area contributed by atoms with Crippen LogP contribution in [-0.2, 0) is 16.1 Å². The average Bonchev–Trinajstić information content (AvgIpc) is 2.31. The van der Waals surface area contributed by atoms with Crippen LogP contribution >= 0.6 is 31.9 Å². The molecule has 0 amide bonds. The van der Waals surface area contributed by atoms with Gasteiger partial charge in [0, 0.05) is 12.7 Å². The zero-order valence-electron chi connectivity index (χ0n) is 9.13. The van der Waals surface area contributed by atoms with E-state index in [1.165, 1.54) is 17.9 Å². The third-order valence-corrected chi connectivity index (χ3v) is 3.27. The molecule has 1 rings (SSSR count). The zero-order valence-corrected chi connectivity index (χ0v) is 12.3. The highest BCUT2D eigenvalue weighted by molar-refractivity contribution is 9.10. The summed E-state index contributed by atoms with van der Waals surface area (Å²) in [5.41, 5.74) is -1.27. The molecule has 0 aromatic carbocycles. The first kappa shape index (κ1) is 14.8. The van der Waals surface area contributed by atoms with Gasteiger partial charge in [-0.15, -0.1) is 0 Å². The summed E-state index contributed by atoms with van der Waals surface area (Å²) >= 11 is 6.03. The standard InChI is InChI=1S/C9H8Br2N2O5/c1-18-9(15)6(11)3-12-2-5(10)8(14)7(4-12)13(16)17/h2,4,6H,3H2,1H3. The van der Waals surface area contributed by atoms with E-state index < -0.39 is 26.8 Å². The first-order chi connectivity index (χ1) is 8.36. The minimum atomic E-state index is -0.773. The molecule has 98 valence electrons. The number of hydrogen-bond donors (Lipinski definition) is 0. The Morgan fingerprint density at radius 2 is 2.22 bits per heavy atom. The molecule has 9 heteroatoms. The van der Waals surface area contributed by atoms with Gasteiger partial charge in [0.2, 0.25) is 0 Å². The second-order valence-corrected chi connectivity index (χ2v) is 5.22. The lowest BCUT2D eigenvalue weighted by molar-refractivity contribution is -0.386. The molecule has 0 aliphatic rings. The van der Waals surface area contributed by atoms with Gasteiger partial charge in [0.1, 0.15) is 4.83 Å². The van der Waals surface area contributed by atoms with Crippen molar-refractivity contribution in [2.45, 2.75) is 11.4 Å². The third kappa shape index (κ3) is 3.39. The number of alkyl halides is 1. The Kier molecular flexibility index (Phi) is 5.03. The third-order valence-electron chi connectivity index (χ3n) is 2.04. The highest BCUT2D eigenvalue weighted by atomic mass is 79.9. The number of halogens is 2. The fraction of sp³-hybridized carbons (Fsp3) is 0.333. The number of ether oxygens (including phenoxy) is 1. The number of hydrogen-bond acceptors (Lipinski definition) is 5. The number of carbonyl (C=O) groups is 1. The van der Waals surface area contributed by atoms with Crippen molar-refractivity contribution in [1.29, 1.82) is 0 Å². The van der Waals surface area contributed by atoms with Crippen LogP contribution in [0, 0.1) is 10.1 Å². The predicted molar refractivity (Wildman–Crippen MR) is 69.8 cm³/mol. The van der Waals surface area contributed by atoms with Gasteiger partial charge in [-0.1, -0.05) is 15.9 Å². The second kappa shape index (κ2) is 6.10. The highest BCUT2D eigenvalue weighted by Crippen LogP contribution is 2.13. The number of pyridine rings is 1. The van der Waals surface area contributed by atoms with E-state index in [4.69, 9.17) is 0 Å². The van der Waals surface area contributed by atoms with Crippen LogP contribution in [0.1, 0.15) is 0 Å². The van der Waals surface area contributed by atoms with Crippen LogP contribution in [0.2, 0.25) is 0 Å². The molecule has 0 aliphatic carbocycles. The lowest BCUT2D eigenvalue weighted by Gasteiger charge is -2.10. The summed E-state index contributed by atoms with van der Waals surface area (Å²) in [5.74, 6) is -0.507. The average molecular weight is 384 g/mol. The van der Waals surface area contributed by atoms with Crippen molar-refractivity contribution in [3.63, 3.8) is 0 Å². The summed E-state index contributed by atoms with van der Waals surface area (Å²) in [6, 6.07) is 0. The van der Waals surface area contributed by atoms with Crippen molar-refractivity contribution in [1.82, 2.24) is 4.57 Å². The van der Waals surface area contributed by atoms with E-state index in [-0.39, 0.29) is 11.0 Å². The van der Waals surface area contributed by atoms with E-state index >= 15 is 0 Å². The lowest BCUT2D eigenvalue weighted by atomic mass is 10.3. The van der Waals surface area contributed by atoms with Gasteiger partial charge in [0.15, 0.2) is 0 Å². The summed E-state index contributed by atoms with van der Waals surface area (Å²) in [7, 11) is 1.24. The number of rotatable bonds is 4. The Morgan fingerprint density at radius 3 is 2.72 bits per heavy atom. The van der Waals surface area contributed by atoms with Crippen molar-refractivity contribution in [2.24, 2.45) is 0 Å². The normalized spacial score (nSPS) is 11.9. The first-order valence-electron chi connectivity index (χ1n) is 4.62. The Balaban J connectivity index is 3.08. The van der Waals surface area contributed by atoms with E-state index in [0.29, 0.717) is 0 Å². The fourth-order valence-corrected chi connectivity index (χ4v) is 2.19. The molecule has 0 spiro atoms. The zero-order chi connectivity index (χ0) is 13.9. The number of esters is 1. The quantitative estimate of drug-likeness (QED) is 0.339. The van der Waals surface area contributed by atoms with Crippen molar-refractivity contribution < 1.29 is 14.5 Å². The van der Waals surface area contributed by atoms with E-state index in [1.807, 2.05) is 0 Å². The Hall–Kier alpha value is -1.22. The van der Waals surface area contributed by atoms with Crippen LogP contribution in [-0.4, -0.2) is 27.4 Å². The minimum Gasteiger partial charge on any atom is -0.468 e. The number of carbonyl (C=O) groups excluding carboxylic acids is 1. The van der Waals surface area contributed by atoms with Gasteiger partial charge < -0.3 is 9.30 Å². The molecule has 0 N–H and O–H groups in total. The minimum absolute atomic E-state index is 0.0567. The van der Waals surface area contributed by atoms with Gasteiger partial charge >= 0.3 is 11.7 Å². The molecule has 18 heavy (non-hydrogen) atoms. The molecule has 0 saturated heterocycles. The summed E-state index contributed by atoms with van der Waals surface area (Å²) < 4.78 is 5.93. The van der Waals surface area contributed by atoms with E-state index in [1.54, 1.807) is 0 Å². The number of nitro groups is 1. The Bertz CT molecular complexity index is 542. The van der Waals surface area contributed by atoms with Gasteiger partial charge in [-0.05, 0) is 15.9 Å². The Morgan fingerprint density at radius 1 is 1.61 bits per heavy atom. The number of nitrogens with zero attached hydrogens (tertiary/aromatic N) is 2. The van der Waals surface area contributed by atoms with Gasteiger partial charge in [0.25, 0.3) is 5.43 Å². The first-order valence-corrected chi connectivity index (χ1v) is 6.33. The molecule has 0 fully saturated rings. The van der Waals surface area contributed by atoms with Gasteiger partial charge in [-0.3, -0.25) is 19.7 Å². The van der Waals surface area contributed by atoms with Gasteiger partial charge in [-0.25, -0.2) is 0 Å². The maximum Gasteiger partial charge on any atom is 0.333 e. The largest absolute Gasteiger partial charge is 0.468 e. The molecule has 0 aliphatic heterocycles. The van der Waals surface area contributed by atoms with E-state index in [0.717, 1.165) is 6.20 Å². The lowest BCUT2D eigenvalue weighted by Crippen LogP contribution is -2.23. The molecule has 1 atom stereocenters. The number of aromatic nitrogens is 1. The fourth-order valence-electron chi connectivity index (χ4n) is 1.20. The molecular formula is C9H8Br2N2O5. The van der Waals surface area contributed by atoms with Crippen molar-refractivity contribution in [3.05, 3.63) is 37.2 Å². The van der Waals surface area contributed by atoms with Crippen LogP contribution in [0.5, 0.6) is 0 Å². The molecule has 1 unspecified atom stereocenters. The molecule has 1 aromatic rings. The number of methoxy groups -OCH3 is 1. The predicted octanol–water partition coefficient (Wildman–Crippen LogP) is 1.46. The SMILES string of the molecule is COC(=O)C(Br)Cn1cc(Br)c(=O)c([N+](=O)[O-])c1. The molecule has 1 aromatic heterocycles. The molecule has 0 bridgehead atoms. The van der Waals surface area contributed by atoms with Crippen LogP contribution < -0.4 is 5.43 Å². The molecule has 0 saturated carbocycles. The van der Waals surface area contributed by atoms with Crippen molar-refractivity contribution in [3.8, 4) is 0 Å². The summed E-state index contributed by atoms with van der Waals surface area (Å²) in [6.07, 6.45) is 2.44. The van der Waals surface area contributed by atoms with Crippen molar-refractivity contribution >= 4 is 43.5 Å². The van der Waals surface area contributed by atoms with Crippen LogP contribution in [0.3, 0.4) is 0 Å². The van der Waals surface area contributed by atoms with Gasteiger partial charge in [-0.2, -0.15) is 0 Å². The van der Waals surface area contributed by atoms with Gasteiger partial charge in [0.05, 0.1) is 22.7 Å². The molecule has 7 nitrogen and oxygen atoms in total. The maximum absolute atomic E-state index is 11.4. The smallest absolute Gasteiger partial charge is 0.333 e. The second-order valence-electron chi connectivity index (χ2n) is 3.27.